The Morgan fingerprint density at radius 1 is 1.06 bits per heavy atom. The molecular weight excluding hydrogens is 206 g/mol. The molecule has 1 N–H and O–H groups in total. The molecule has 0 aromatic heterocycles. The van der Waals surface area contributed by atoms with Gasteiger partial charge in [0.25, 0.3) is 0 Å². The van der Waals surface area contributed by atoms with Crippen LogP contribution in [-0.4, -0.2) is 35.0 Å². The third-order valence-electron chi connectivity index (χ3n) is 4.44. The van der Waals surface area contributed by atoms with Gasteiger partial charge >= 0.3 is 5.97 Å². The lowest BCUT2D eigenvalue weighted by molar-refractivity contribution is -0.141. The van der Waals surface area contributed by atoms with Crippen LogP contribution < -0.4 is 0 Å². The molecule has 88 valence electrons. The van der Waals surface area contributed by atoms with Crippen molar-refractivity contribution in [2.75, 3.05) is 13.1 Å². The molecule has 3 aliphatic rings. The van der Waals surface area contributed by atoms with Crippen LogP contribution in [0, 0.1) is 23.7 Å². The zero-order chi connectivity index (χ0) is 11.3. The van der Waals surface area contributed by atoms with Crippen molar-refractivity contribution in [2.24, 2.45) is 23.7 Å². The Balaban J connectivity index is 1.57. The lowest BCUT2D eigenvalue weighted by Crippen LogP contribution is -2.34. The normalized spacial score (nSPS) is 40.9. The molecule has 3 fully saturated rings. The molecule has 0 bridgehead atoms. The number of fused-ring (bicyclic) bond motifs is 1. The van der Waals surface area contributed by atoms with Crippen LogP contribution in [0.5, 0.6) is 0 Å². The van der Waals surface area contributed by atoms with Crippen LogP contribution in [0.15, 0.2) is 0 Å². The lowest BCUT2D eigenvalue weighted by atomic mass is 10.0. The molecule has 3 unspecified atom stereocenters. The molecule has 0 radical (unpaired) electrons. The van der Waals surface area contributed by atoms with Gasteiger partial charge in [-0.05, 0) is 37.5 Å². The number of aliphatic carboxylic acids is 1. The van der Waals surface area contributed by atoms with Gasteiger partial charge in [0.05, 0.1) is 5.92 Å². The Labute approximate surface area is 94.6 Å². The first-order valence-corrected chi connectivity index (χ1v) is 6.16. The van der Waals surface area contributed by atoms with E-state index in [1.54, 1.807) is 4.90 Å². The van der Waals surface area contributed by atoms with Crippen LogP contribution >= 0.6 is 0 Å². The van der Waals surface area contributed by atoms with Gasteiger partial charge in [0, 0.05) is 19.0 Å². The predicted molar refractivity (Wildman–Crippen MR) is 56.6 cm³/mol. The molecule has 1 amide bonds. The molecule has 3 rings (SSSR count). The number of carboxylic acid groups (broad SMARTS) is 1. The van der Waals surface area contributed by atoms with Crippen molar-refractivity contribution in [1.29, 1.82) is 0 Å². The molecule has 2 aliphatic carbocycles. The number of likely N-dealkylation sites (tertiary alicyclic amines) is 1. The van der Waals surface area contributed by atoms with Crippen molar-refractivity contribution in [3.8, 4) is 0 Å². The van der Waals surface area contributed by atoms with Crippen molar-refractivity contribution in [2.45, 2.75) is 25.7 Å². The molecule has 1 aliphatic heterocycles. The average molecular weight is 223 g/mol. The first-order valence-electron chi connectivity index (χ1n) is 6.16. The number of carbonyl (C=O) groups excluding carboxylic acids is 1. The highest BCUT2D eigenvalue weighted by Crippen LogP contribution is 2.54. The topological polar surface area (TPSA) is 57.6 Å². The highest BCUT2D eigenvalue weighted by Gasteiger charge is 2.49. The first-order chi connectivity index (χ1) is 7.65. The van der Waals surface area contributed by atoms with Crippen LogP contribution in [0.2, 0.25) is 0 Å². The van der Waals surface area contributed by atoms with E-state index in [0.29, 0.717) is 19.5 Å². The van der Waals surface area contributed by atoms with Crippen molar-refractivity contribution in [3.63, 3.8) is 0 Å². The largest absolute Gasteiger partial charge is 0.481 e. The minimum absolute atomic E-state index is 0.205. The fourth-order valence-electron chi connectivity index (χ4n) is 3.34. The molecule has 1 heterocycles. The number of rotatable bonds is 2. The highest BCUT2D eigenvalue weighted by atomic mass is 16.4. The molecule has 16 heavy (non-hydrogen) atoms. The SMILES string of the molecule is O=C(O)C1CCN(C(=O)C2CC3CC3C2)C1. The molecule has 0 aromatic rings. The molecule has 2 saturated carbocycles. The lowest BCUT2D eigenvalue weighted by Gasteiger charge is -2.21. The number of hydrogen-bond donors (Lipinski definition) is 1. The summed E-state index contributed by atoms with van der Waals surface area (Å²) in [7, 11) is 0. The molecule has 4 nitrogen and oxygen atoms in total. The predicted octanol–water partition coefficient (Wildman–Crippen LogP) is 0.966. The average Bonchev–Trinajstić information content (AvgIpc) is 2.72. The van der Waals surface area contributed by atoms with Crippen molar-refractivity contribution < 1.29 is 14.7 Å². The summed E-state index contributed by atoms with van der Waals surface area (Å²) < 4.78 is 0. The summed E-state index contributed by atoms with van der Waals surface area (Å²) in [5.41, 5.74) is 0. The van der Waals surface area contributed by atoms with E-state index in [2.05, 4.69) is 0 Å². The van der Waals surface area contributed by atoms with E-state index in [1.165, 1.54) is 6.42 Å². The van der Waals surface area contributed by atoms with E-state index >= 15 is 0 Å². The monoisotopic (exact) mass is 223 g/mol. The zero-order valence-electron chi connectivity index (χ0n) is 9.26. The summed E-state index contributed by atoms with van der Waals surface area (Å²) >= 11 is 0. The van der Waals surface area contributed by atoms with E-state index in [0.717, 1.165) is 24.7 Å². The molecule has 1 saturated heterocycles. The second-order valence-electron chi connectivity index (χ2n) is 5.53. The van der Waals surface area contributed by atoms with E-state index in [1.807, 2.05) is 0 Å². The summed E-state index contributed by atoms with van der Waals surface area (Å²) in [6.45, 7) is 1.07. The standard InChI is InChI=1S/C12H17NO3/c14-11(10-4-8-3-9(8)5-10)13-2-1-7(6-13)12(15)16/h7-10H,1-6H2,(H,15,16). The summed E-state index contributed by atoms with van der Waals surface area (Å²) in [5, 5.41) is 8.89. The van der Waals surface area contributed by atoms with E-state index in [-0.39, 0.29) is 17.7 Å². The van der Waals surface area contributed by atoms with Crippen LogP contribution in [0.3, 0.4) is 0 Å². The fraction of sp³-hybridized carbons (Fsp3) is 0.833. The van der Waals surface area contributed by atoms with E-state index in [4.69, 9.17) is 5.11 Å². The van der Waals surface area contributed by atoms with Crippen molar-refractivity contribution >= 4 is 11.9 Å². The maximum absolute atomic E-state index is 12.1. The summed E-state index contributed by atoms with van der Waals surface area (Å²) in [6, 6.07) is 0. The number of amides is 1. The van der Waals surface area contributed by atoms with Crippen LogP contribution in [0.1, 0.15) is 25.7 Å². The highest BCUT2D eigenvalue weighted by molar-refractivity contribution is 5.81. The van der Waals surface area contributed by atoms with Gasteiger partial charge in [0.1, 0.15) is 0 Å². The number of carboxylic acids is 1. The summed E-state index contributed by atoms with van der Waals surface area (Å²) in [5.74, 6) is 0.954. The molecule has 3 atom stereocenters. The summed E-state index contributed by atoms with van der Waals surface area (Å²) in [6.07, 6.45) is 4.05. The Morgan fingerprint density at radius 2 is 1.75 bits per heavy atom. The van der Waals surface area contributed by atoms with Crippen LogP contribution in [-0.2, 0) is 9.59 Å². The Hall–Kier alpha value is -1.06. The third kappa shape index (κ3) is 1.60. The van der Waals surface area contributed by atoms with Gasteiger partial charge in [-0.1, -0.05) is 0 Å². The van der Waals surface area contributed by atoms with Crippen molar-refractivity contribution in [1.82, 2.24) is 4.90 Å². The van der Waals surface area contributed by atoms with Gasteiger partial charge in [0.15, 0.2) is 0 Å². The Kier molecular flexibility index (Phi) is 2.19. The molecule has 0 spiro atoms. The van der Waals surface area contributed by atoms with E-state index < -0.39 is 5.97 Å². The van der Waals surface area contributed by atoms with Crippen molar-refractivity contribution in [3.05, 3.63) is 0 Å². The maximum atomic E-state index is 12.1. The number of carbonyl (C=O) groups is 2. The second kappa shape index (κ2) is 3.47. The minimum Gasteiger partial charge on any atom is -0.481 e. The minimum atomic E-state index is -0.760. The first kappa shape index (κ1) is 10.1. The molecular formula is C12H17NO3. The molecule has 0 aromatic carbocycles. The number of nitrogens with zero attached hydrogens (tertiary/aromatic N) is 1. The van der Waals surface area contributed by atoms with Gasteiger partial charge in [-0.15, -0.1) is 0 Å². The molecule has 4 heteroatoms. The Morgan fingerprint density at radius 3 is 2.31 bits per heavy atom. The van der Waals surface area contributed by atoms with Gasteiger partial charge in [-0.3, -0.25) is 9.59 Å². The second-order valence-corrected chi connectivity index (χ2v) is 5.53. The van der Waals surface area contributed by atoms with E-state index in [9.17, 15) is 9.59 Å². The van der Waals surface area contributed by atoms with Gasteiger partial charge < -0.3 is 10.0 Å². The fourth-order valence-corrected chi connectivity index (χ4v) is 3.34. The zero-order valence-corrected chi connectivity index (χ0v) is 9.26. The van der Waals surface area contributed by atoms with Crippen LogP contribution in [0.4, 0.5) is 0 Å². The Bertz CT molecular complexity index is 331. The van der Waals surface area contributed by atoms with Gasteiger partial charge in [-0.2, -0.15) is 0 Å². The quantitative estimate of drug-likeness (QED) is 0.758. The smallest absolute Gasteiger partial charge is 0.308 e. The maximum Gasteiger partial charge on any atom is 0.308 e. The third-order valence-corrected chi connectivity index (χ3v) is 4.44. The van der Waals surface area contributed by atoms with Gasteiger partial charge in [-0.25, -0.2) is 0 Å². The van der Waals surface area contributed by atoms with Gasteiger partial charge in [0.2, 0.25) is 5.91 Å². The number of hydrogen-bond acceptors (Lipinski definition) is 2. The summed E-state index contributed by atoms with van der Waals surface area (Å²) in [4.78, 5) is 24.7. The van der Waals surface area contributed by atoms with Crippen LogP contribution in [0.25, 0.3) is 0 Å².